The molecule has 0 radical (unpaired) electrons. The summed E-state index contributed by atoms with van der Waals surface area (Å²) in [5, 5.41) is 4.38. The first-order valence-electron chi connectivity index (χ1n) is 10.7. The van der Waals surface area contributed by atoms with E-state index in [9.17, 15) is 4.79 Å². The number of benzene rings is 1. The molecule has 1 aliphatic rings. The summed E-state index contributed by atoms with van der Waals surface area (Å²) in [6.45, 7) is 7.48. The summed E-state index contributed by atoms with van der Waals surface area (Å²) in [6.07, 6.45) is 3.70. The summed E-state index contributed by atoms with van der Waals surface area (Å²) in [4.78, 5) is 25.2. The molecule has 1 fully saturated rings. The molecule has 4 N–H and O–H groups in total. The third-order valence-electron chi connectivity index (χ3n) is 5.83. The van der Waals surface area contributed by atoms with Crippen LogP contribution in [0.2, 0.25) is 0 Å². The molecule has 1 aromatic carbocycles. The Morgan fingerprint density at radius 3 is 2.80 bits per heavy atom. The summed E-state index contributed by atoms with van der Waals surface area (Å²) in [6, 6.07) is 12.0. The minimum Gasteiger partial charge on any atom is -0.399 e. The lowest BCUT2D eigenvalue weighted by Crippen LogP contribution is -2.47. The van der Waals surface area contributed by atoms with Crippen molar-refractivity contribution in [1.29, 1.82) is 0 Å². The second-order valence-electron chi connectivity index (χ2n) is 7.74. The van der Waals surface area contributed by atoms with Gasteiger partial charge in [0.25, 0.3) is 5.91 Å². The van der Waals surface area contributed by atoms with Gasteiger partial charge in [-0.15, -0.1) is 0 Å². The monoisotopic (exact) mass is 406 g/mol. The summed E-state index contributed by atoms with van der Waals surface area (Å²) >= 11 is 0. The SMILES string of the molecule is CCNc1cccnc1N(CC)C1CCN(C(=O)c2cc3cc(N)ccc3[nH]2)CC1. The minimum atomic E-state index is 0.0532. The van der Waals surface area contributed by atoms with Gasteiger partial charge < -0.3 is 25.8 Å². The van der Waals surface area contributed by atoms with Gasteiger partial charge in [-0.3, -0.25) is 4.79 Å². The van der Waals surface area contributed by atoms with Crippen LogP contribution in [0.15, 0.2) is 42.6 Å². The maximum absolute atomic E-state index is 13.0. The number of nitrogens with two attached hydrogens (primary N) is 1. The van der Waals surface area contributed by atoms with Crippen molar-refractivity contribution in [3.8, 4) is 0 Å². The van der Waals surface area contributed by atoms with Gasteiger partial charge in [0, 0.05) is 55.0 Å². The first kappa shape index (κ1) is 20.1. The van der Waals surface area contributed by atoms with Crippen LogP contribution in [0.3, 0.4) is 0 Å². The van der Waals surface area contributed by atoms with E-state index in [1.165, 1.54) is 0 Å². The predicted molar refractivity (Wildman–Crippen MR) is 123 cm³/mol. The van der Waals surface area contributed by atoms with Crippen molar-refractivity contribution < 1.29 is 4.79 Å². The number of carbonyl (C=O) groups excluding carboxylic acids is 1. The normalized spacial score (nSPS) is 14.8. The molecule has 0 spiro atoms. The van der Waals surface area contributed by atoms with E-state index in [0.29, 0.717) is 17.4 Å². The summed E-state index contributed by atoms with van der Waals surface area (Å²) in [7, 11) is 0. The number of nitrogen functional groups attached to an aromatic ring is 1. The number of anilines is 3. The van der Waals surface area contributed by atoms with Crippen molar-refractivity contribution in [2.45, 2.75) is 32.7 Å². The van der Waals surface area contributed by atoms with E-state index in [-0.39, 0.29) is 5.91 Å². The van der Waals surface area contributed by atoms with E-state index in [2.05, 4.69) is 40.1 Å². The van der Waals surface area contributed by atoms with Crippen molar-refractivity contribution in [1.82, 2.24) is 14.9 Å². The molecule has 4 rings (SSSR count). The molecule has 158 valence electrons. The minimum absolute atomic E-state index is 0.0532. The Hall–Kier alpha value is -3.22. The molecule has 1 aliphatic heterocycles. The first-order chi connectivity index (χ1) is 14.6. The fraction of sp³-hybridized carbons (Fsp3) is 0.391. The van der Waals surface area contributed by atoms with Crippen LogP contribution < -0.4 is 16.0 Å². The predicted octanol–water partition coefficient (Wildman–Crippen LogP) is 3.71. The zero-order chi connectivity index (χ0) is 21.1. The number of hydrogen-bond donors (Lipinski definition) is 3. The lowest BCUT2D eigenvalue weighted by Gasteiger charge is -2.39. The van der Waals surface area contributed by atoms with Crippen LogP contribution in [-0.2, 0) is 0 Å². The zero-order valence-corrected chi connectivity index (χ0v) is 17.7. The van der Waals surface area contributed by atoms with Gasteiger partial charge >= 0.3 is 0 Å². The van der Waals surface area contributed by atoms with Gasteiger partial charge in [0.05, 0.1) is 5.69 Å². The molecule has 0 atom stereocenters. The molecule has 7 nitrogen and oxygen atoms in total. The largest absolute Gasteiger partial charge is 0.399 e. The standard InChI is InChI=1S/C23H30N6O/c1-3-25-20-6-5-11-26-22(20)29(4-2)18-9-12-28(13-10-18)23(30)21-15-16-14-17(24)7-8-19(16)27-21/h5-8,11,14-15,18,25,27H,3-4,9-10,12-13,24H2,1-2H3. The van der Waals surface area contributed by atoms with Gasteiger partial charge in [-0.1, -0.05) is 0 Å². The number of hydrogen-bond acceptors (Lipinski definition) is 5. The molecule has 1 saturated heterocycles. The number of aromatic nitrogens is 2. The first-order valence-corrected chi connectivity index (χ1v) is 10.7. The number of nitrogens with one attached hydrogen (secondary N) is 2. The Kier molecular flexibility index (Phi) is 5.79. The number of nitrogens with zero attached hydrogens (tertiary/aromatic N) is 3. The Balaban J connectivity index is 1.45. The van der Waals surface area contributed by atoms with Crippen LogP contribution in [0.1, 0.15) is 37.2 Å². The molecule has 30 heavy (non-hydrogen) atoms. The van der Waals surface area contributed by atoms with E-state index < -0.39 is 0 Å². The highest BCUT2D eigenvalue weighted by molar-refractivity contribution is 5.98. The number of rotatable bonds is 6. The van der Waals surface area contributed by atoms with E-state index in [1.54, 1.807) is 0 Å². The maximum atomic E-state index is 13.0. The van der Waals surface area contributed by atoms with Gasteiger partial charge in [0.15, 0.2) is 5.82 Å². The number of pyridine rings is 1. The van der Waals surface area contributed by atoms with Gasteiger partial charge in [0.1, 0.15) is 5.69 Å². The molecule has 0 unspecified atom stereocenters. The average Bonchev–Trinajstić information content (AvgIpc) is 3.19. The lowest BCUT2D eigenvalue weighted by atomic mass is 10.0. The summed E-state index contributed by atoms with van der Waals surface area (Å²) in [5.41, 5.74) is 9.19. The quantitative estimate of drug-likeness (QED) is 0.543. The number of fused-ring (bicyclic) bond motifs is 1. The number of aromatic amines is 1. The Morgan fingerprint density at radius 1 is 1.27 bits per heavy atom. The highest BCUT2D eigenvalue weighted by Crippen LogP contribution is 2.29. The van der Waals surface area contributed by atoms with Crippen LogP contribution in [0.25, 0.3) is 10.9 Å². The molecular formula is C23H30N6O. The van der Waals surface area contributed by atoms with Crippen molar-refractivity contribution in [2.75, 3.05) is 42.1 Å². The van der Waals surface area contributed by atoms with E-state index in [4.69, 9.17) is 5.73 Å². The second kappa shape index (κ2) is 8.65. The van der Waals surface area contributed by atoms with Crippen molar-refractivity contribution in [3.05, 3.63) is 48.3 Å². The fourth-order valence-electron chi connectivity index (χ4n) is 4.35. The van der Waals surface area contributed by atoms with Crippen LogP contribution >= 0.6 is 0 Å². The smallest absolute Gasteiger partial charge is 0.270 e. The number of piperidine rings is 1. The Labute approximate surface area is 177 Å². The number of H-pyrrole nitrogens is 1. The topological polar surface area (TPSA) is 90.3 Å². The van der Waals surface area contributed by atoms with E-state index in [0.717, 1.165) is 61.4 Å². The summed E-state index contributed by atoms with van der Waals surface area (Å²) < 4.78 is 0. The molecule has 7 heteroatoms. The van der Waals surface area contributed by atoms with Gasteiger partial charge in [-0.05, 0) is 63.1 Å². The lowest BCUT2D eigenvalue weighted by molar-refractivity contribution is 0.0707. The van der Waals surface area contributed by atoms with E-state index >= 15 is 0 Å². The molecule has 0 aliphatic carbocycles. The Morgan fingerprint density at radius 2 is 2.07 bits per heavy atom. The molecule has 0 saturated carbocycles. The van der Waals surface area contributed by atoms with Crippen molar-refractivity contribution >= 4 is 34.0 Å². The van der Waals surface area contributed by atoms with Gasteiger partial charge in [0.2, 0.25) is 0 Å². The third kappa shape index (κ3) is 3.92. The maximum Gasteiger partial charge on any atom is 0.270 e. The number of amides is 1. The Bertz CT molecular complexity index is 1020. The molecule has 0 bridgehead atoms. The molecule has 3 heterocycles. The molecular weight excluding hydrogens is 376 g/mol. The van der Waals surface area contributed by atoms with Crippen LogP contribution in [0.5, 0.6) is 0 Å². The highest BCUT2D eigenvalue weighted by atomic mass is 16.2. The van der Waals surface area contributed by atoms with Crippen molar-refractivity contribution in [2.24, 2.45) is 0 Å². The van der Waals surface area contributed by atoms with E-state index in [1.807, 2.05) is 41.4 Å². The molecule has 1 amide bonds. The van der Waals surface area contributed by atoms with Crippen molar-refractivity contribution in [3.63, 3.8) is 0 Å². The van der Waals surface area contributed by atoms with Crippen LogP contribution in [0, 0.1) is 0 Å². The summed E-state index contributed by atoms with van der Waals surface area (Å²) in [5.74, 6) is 1.05. The highest BCUT2D eigenvalue weighted by Gasteiger charge is 2.29. The fourth-order valence-corrected chi connectivity index (χ4v) is 4.35. The number of likely N-dealkylation sites (tertiary alicyclic amines) is 1. The molecule has 2 aromatic heterocycles. The number of carbonyl (C=O) groups is 1. The third-order valence-corrected chi connectivity index (χ3v) is 5.83. The zero-order valence-electron chi connectivity index (χ0n) is 17.7. The second-order valence-corrected chi connectivity index (χ2v) is 7.74. The van der Waals surface area contributed by atoms with Crippen LogP contribution in [0.4, 0.5) is 17.2 Å². The van der Waals surface area contributed by atoms with Crippen LogP contribution in [-0.4, -0.2) is 53.0 Å². The average molecular weight is 407 g/mol. The van der Waals surface area contributed by atoms with Gasteiger partial charge in [-0.25, -0.2) is 4.98 Å². The van der Waals surface area contributed by atoms with Gasteiger partial charge in [-0.2, -0.15) is 0 Å². The molecule has 3 aromatic rings.